The number of aliphatic hydroxyl groups excluding tert-OH is 1. The van der Waals surface area contributed by atoms with Crippen LogP contribution in [0.15, 0.2) is 54.6 Å². The molecule has 1 unspecified atom stereocenters. The highest BCUT2D eigenvalue weighted by molar-refractivity contribution is 5.77. The van der Waals surface area contributed by atoms with Crippen molar-refractivity contribution in [2.75, 3.05) is 13.2 Å². The van der Waals surface area contributed by atoms with Gasteiger partial charge in [-0.3, -0.25) is 4.79 Å². The first-order valence-corrected chi connectivity index (χ1v) is 7.34. The average molecular weight is 299 g/mol. The van der Waals surface area contributed by atoms with Gasteiger partial charge in [-0.25, -0.2) is 0 Å². The van der Waals surface area contributed by atoms with Crippen molar-refractivity contribution < 1.29 is 14.6 Å². The maximum Gasteiger partial charge on any atom is 0.257 e. The minimum Gasteiger partial charge on any atom is -0.484 e. The van der Waals surface area contributed by atoms with Crippen molar-refractivity contribution in [1.29, 1.82) is 0 Å². The fourth-order valence-electron chi connectivity index (χ4n) is 2.02. The van der Waals surface area contributed by atoms with Gasteiger partial charge in [-0.2, -0.15) is 0 Å². The third-order valence-electron chi connectivity index (χ3n) is 3.32. The first-order valence-electron chi connectivity index (χ1n) is 7.34. The number of aryl methyl sites for hydroxylation is 1. The van der Waals surface area contributed by atoms with Crippen molar-refractivity contribution in [2.24, 2.45) is 0 Å². The Balaban J connectivity index is 1.66. The first kappa shape index (κ1) is 16.0. The number of amides is 1. The summed E-state index contributed by atoms with van der Waals surface area (Å²) in [7, 11) is 0. The third-order valence-corrected chi connectivity index (χ3v) is 3.32. The molecule has 4 heteroatoms. The summed E-state index contributed by atoms with van der Waals surface area (Å²) < 4.78 is 5.39. The van der Waals surface area contributed by atoms with Gasteiger partial charge in [-0.05, 0) is 31.0 Å². The molecule has 0 spiro atoms. The molecule has 0 aromatic heterocycles. The van der Waals surface area contributed by atoms with Gasteiger partial charge in [0.15, 0.2) is 6.61 Å². The Hall–Kier alpha value is -2.33. The van der Waals surface area contributed by atoms with Crippen LogP contribution in [0.25, 0.3) is 0 Å². The number of carbonyl (C=O) groups excluding carboxylic acids is 1. The summed E-state index contributed by atoms with van der Waals surface area (Å²) in [5.74, 6) is 0.478. The molecule has 22 heavy (non-hydrogen) atoms. The normalized spacial score (nSPS) is 11.7. The fraction of sp³-hybridized carbons (Fsp3) is 0.278. The lowest BCUT2D eigenvalue weighted by molar-refractivity contribution is -0.123. The highest BCUT2D eigenvalue weighted by atomic mass is 16.5. The summed E-state index contributed by atoms with van der Waals surface area (Å²) in [6.07, 6.45) is -0.0974. The van der Waals surface area contributed by atoms with E-state index in [4.69, 9.17) is 4.74 Å². The topological polar surface area (TPSA) is 58.6 Å². The lowest BCUT2D eigenvalue weighted by Crippen LogP contribution is -2.30. The Morgan fingerprint density at radius 2 is 1.82 bits per heavy atom. The standard InChI is InChI=1S/C18H21NO3/c1-14-7-9-16(10-8-14)22-13-18(21)19-12-11-17(20)15-5-3-2-4-6-15/h2-10,17,20H,11-13H2,1H3,(H,19,21). The predicted molar refractivity (Wildman–Crippen MR) is 85.7 cm³/mol. The van der Waals surface area contributed by atoms with E-state index in [0.29, 0.717) is 18.7 Å². The second kappa shape index (κ2) is 8.20. The van der Waals surface area contributed by atoms with Crippen LogP contribution >= 0.6 is 0 Å². The minimum atomic E-state index is -0.570. The molecule has 0 radical (unpaired) electrons. The molecule has 0 aliphatic carbocycles. The summed E-state index contributed by atoms with van der Waals surface area (Å²) in [5.41, 5.74) is 2.00. The first-order chi connectivity index (χ1) is 10.6. The van der Waals surface area contributed by atoms with E-state index in [1.54, 1.807) is 0 Å². The SMILES string of the molecule is Cc1ccc(OCC(=O)NCCC(O)c2ccccc2)cc1. The summed E-state index contributed by atoms with van der Waals surface area (Å²) in [5, 5.41) is 12.7. The lowest BCUT2D eigenvalue weighted by atomic mass is 10.1. The van der Waals surface area contributed by atoms with E-state index in [1.807, 2.05) is 61.5 Å². The Bertz CT molecular complexity index is 581. The molecular formula is C18H21NO3. The summed E-state index contributed by atoms with van der Waals surface area (Å²) in [6, 6.07) is 16.9. The lowest BCUT2D eigenvalue weighted by Gasteiger charge is -2.12. The molecule has 0 bridgehead atoms. The minimum absolute atomic E-state index is 0.0233. The highest BCUT2D eigenvalue weighted by Crippen LogP contribution is 2.15. The van der Waals surface area contributed by atoms with E-state index < -0.39 is 6.10 Å². The average Bonchev–Trinajstić information content (AvgIpc) is 2.55. The molecule has 2 aromatic carbocycles. The molecule has 2 aromatic rings. The van der Waals surface area contributed by atoms with Crippen LogP contribution < -0.4 is 10.1 Å². The zero-order valence-corrected chi connectivity index (χ0v) is 12.7. The Labute approximate surface area is 130 Å². The van der Waals surface area contributed by atoms with Gasteiger partial charge < -0.3 is 15.2 Å². The molecule has 2 rings (SSSR count). The molecule has 4 nitrogen and oxygen atoms in total. The van der Waals surface area contributed by atoms with Gasteiger partial charge in [0, 0.05) is 6.54 Å². The number of nitrogens with one attached hydrogen (secondary N) is 1. The van der Waals surface area contributed by atoms with E-state index in [9.17, 15) is 9.90 Å². The molecule has 116 valence electrons. The van der Waals surface area contributed by atoms with E-state index in [0.717, 1.165) is 11.1 Å². The number of aliphatic hydroxyl groups is 1. The van der Waals surface area contributed by atoms with Gasteiger partial charge in [0.2, 0.25) is 0 Å². The summed E-state index contributed by atoms with van der Waals surface area (Å²) in [6.45, 7) is 2.38. The second-order valence-corrected chi connectivity index (χ2v) is 5.17. The molecule has 0 saturated carbocycles. The molecule has 0 fully saturated rings. The quantitative estimate of drug-likeness (QED) is 0.826. The maximum atomic E-state index is 11.7. The van der Waals surface area contributed by atoms with Gasteiger partial charge in [-0.15, -0.1) is 0 Å². The largest absolute Gasteiger partial charge is 0.484 e. The second-order valence-electron chi connectivity index (χ2n) is 5.17. The molecular weight excluding hydrogens is 278 g/mol. The van der Waals surface area contributed by atoms with Crippen molar-refractivity contribution in [1.82, 2.24) is 5.32 Å². The number of hydrogen-bond acceptors (Lipinski definition) is 3. The monoisotopic (exact) mass is 299 g/mol. The van der Waals surface area contributed by atoms with Crippen molar-refractivity contribution in [3.8, 4) is 5.75 Å². The van der Waals surface area contributed by atoms with Crippen molar-refractivity contribution in [2.45, 2.75) is 19.4 Å². The predicted octanol–water partition coefficient (Wildman–Crippen LogP) is 2.61. The molecule has 2 N–H and O–H groups in total. The van der Waals surface area contributed by atoms with Crippen LogP contribution in [0.5, 0.6) is 5.75 Å². The van der Waals surface area contributed by atoms with E-state index in [1.165, 1.54) is 0 Å². The number of ether oxygens (including phenoxy) is 1. The molecule has 0 saturated heterocycles. The van der Waals surface area contributed by atoms with Crippen LogP contribution in [0.1, 0.15) is 23.7 Å². The van der Waals surface area contributed by atoms with E-state index in [2.05, 4.69) is 5.32 Å². The Morgan fingerprint density at radius 1 is 1.14 bits per heavy atom. The van der Waals surface area contributed by atoms with E-state index in [-0.39, 0.29) is 12.5 Å². The van der Waals surface area contributed by atoms with Gasteiger partial charge in [0.1, 0.15) is 5.75 Å². The Morgan fingerprint density at radius 3 is 2.50 bits per heavy atom. The summed E-state index contributed by atoms with van der Waals surface area (Å²) in [4.78, 5) is 11.7. The summed E-state index contributed by atoms with van der Waals surface area (Å²) >= 11 is 0. The van der Waals surface area contributed by atoms with Gasteiger partial charge >= 0.3 is 0 Å². The zero-order valence-electron chi connectivity index (χ0n) is 12.7. The smallest absolute Gasteiger partial charge is 0.257 e. The van der Waals surface area contributed by atoms with Crippen LogP contribution in [-0.2, 0) is 4.79 Å². The number of rotatable bonds is 7. The third kappa shape index (κ3) is 5.22. The number of carbonyl (C=O) groups is 1. The molecule has 0 aliphatic heterocycles. The number of hydrogen-bond donors (Lipinski definition) is 2. The fourth-order valence-corrected chi connectivity index (χ4v) is 2.02. The van der Waals surface area contributed by atoms with Crippen LogP contribution in [0, 0.1) is 6.92 Å². The van der Waals surface area contributed by atoms with Crippen LogP contribution in [0.2, 0.25) is 0 Å². The van der Waals surface area contributed by atoms with Crippen LogP contribution in [0.4, 0.5) is 0 Å². The van der Waals surface area contributed by atoms with Crippen molar-refractivity contribution in [3.05, 3.63) is 65.7 Å². The molecule has 0 aliphatic rings. The maximum absolute atomic E-state index is 11.7. The zero-order chi connectivity index (χ0) is 15.8. The van der Waals surface area contributed by atoms with E-state index >= 15 is 0 Å². The molecule has 1 atom stereocenters. The van der Waals surface area contributed by atoms with Crippen molar-refractivity contribution in [3.63, 3.8) is 0 Å². The highest BCUT2D eigenvalue weighted by Gasteiger charge is 2.08. The van der Waals surface area contributed by atoms with Gasteiger partial charge in [0.25, 0.3) is 5.91 Å². The van der Waals surface area contributed by atoms with Crippen molar-refractivity contribution >= 4 is 5.91 Å². The molecule has 1 amide bonds. The van der Waals surface area contributed by atoms with Gasteiger partial charge in [-0.1, -0.05) is 48.0 Å². The van der Waals surface area contributed by atoms with Crippen LogP contribution in [0.3, 0.4) is 0 Å². The molecule has 0 heterocycles. The number of benzene rings is 2. The Kier molecular flexibility index (Phi) is 5.98. The van der Waals surface area contributed by atoms with Gasteiger partial charge in [0.05, 0.1) is 6.10 Å². The van der Waals surface area contributed by atoms with Crippen LogP contribution in [-0.4, -0.2) is 24.2 Å².